The Morgan fingerprint density at radius 2 is 1.62 bits per heavy atom. The predicted octanol–water partition coefficient (Wildman–Crippen LogP) is 3.33. The van der Waals surface area contributed by atoms with E-state index in [0.29, 0.717) is 0 Å². The first-order valence-corrected chi connectivity index (χ1v) is 8.86. The highest BCUT2D eigenvalue weighted by atomic mass is 16.1. The Balaban J connectivity index is 1.48. The highest BCUT2D eigenvalue weighted by Crippen LogP contribution is 2.18. The monoisotopic (exact) mass is 319 g/mol. The van der Waals surface area contributed by atoms with Crippen LogP contribution in [0.2, 0.25) is 0 Å². The fourth-order valence-electron chi connectivity index (χ4n) is 3.80. The van der Waals surface area contributed by atoms with Gasteiger partial charge in [0, 0.05) is 17.5 Å². The van der Waals surface area contributed by atoms with E-state index in [9.17, 15) is 4.79 Å². The van der Waals surface area contributed by atoms with Crippen molar-refractivity contribution < 1.29 is 9.37 Å². The lowest BCUT2D eigenvalue weighted by molar-refractivity contribution is -0.530. The van der Waals surface area contributed by atoms with Crippen LogP contribution in [0.1, 0.15) is 40.7 Å². The molecule has 0 amide bonds. The number of carbonyl (C=O) groups is 1. The van der Waals surface area contributed by atoms with Gasteiger partial charge in [-0.2, -0.15) is 0 Å². The molecule has 2 aromatic rings. The second-order valence-corrected chi connectivity index (χ2v) is 6.67. The van der Waals surface area contributed by atoms with Crippen molar-refractivity contribution in [3.63, 3.8) is 0 Å². The molecule has 2 heterocycles. The summed E-state index contributed by atoms with van der Waals surface area (Å²) in [4.78, 5) is 15.0. The van der Waals surface area contributed by atoms with E-state index in [4.69, 9.17) is 0 Å². The quantitative estimate of drug-likeness (QED) is 0.637. The molecule has 24 heavy (non-hydrogen) atoms. The van der Waals surface area contributed by atoms with Crippen molar-refractivity contribution in [1.29, 1.82) is 0 Å². The summed E-state index contributed by atoms with van der Waals surface area (Å²) >= 11 is 0. The maximum absolute atomic E-state index is 12.5. The SMILES string of the molecule is O=C(c1ccccc1)c1ccc(CN2CCC[N+]3=C2CCC3)cc1. The van der Waals surface area contributed by atoms with Gasteiger partial charge < -0.3 is 0 Å². The zero-order valence-corrected chi connectivity index (χ0v) is 13.9. The highest BCUT2D eigenvalue weighted by molar-refractivity contribution is 6.08. The van der Waals surface area contributed by atoms with Crippen molar-refractivity contribution in [3.8, 4) is 0 Å². The normalized spacial score (nSPS) is 17.1. The van der Waals surface area contributed by atoms with E-state index in [1.54, 1.807) is 0 Å². The van der Waals surface area contributed by atoms with Crippen LogP contribution < -0.4 is 0 Å². The molecule has 0 aromatic heterocycles. The Bertz CT molecular complexity index is 762. The van der Waals surface area contributed by atoms with Gasteiger partial charge in [-0.1, -0.05) is 54.6 Å². The largest absolute Gasteiger partial charge is 0.289 e. The van der Waals surface area contributed by atoms with E-state index >= 15 is 0 Å². The van der Waals surface area contributed by atoms with Crippen molar-refractivity contribution in [2.24, 2.45) is 0 Å². The van der Waals surface area contributed by atoms with E-state index < -0.39 is 0 Å². The van der Waals surface area contributed by atoms with Gasteiger partial charge in [-0.05, 0) is 12.0 Å². The van der Waals surface area contributed by atoms with Gasteiger partial charge in [-0.15, -0.1) is 0 Å². The van der Waals surface area contributed by atoms with Gasteiger partial charge in [0.05, 0.1) is 26.1 Å². The third-order valence-corrected chi connectivity index (χ3v) is 5.04. The Morgan fingerprint density at radius 1 is 0.917 bits per heavy atom. The Kier molecular flexibility index (Phi) is 4.16. The van der Waals surface area contributed by atoms with Crippen LogP contribution in [0.25, 0.3) is 0 Å². The topological polar surface area (TPSA) is 23.3 Å². The number of benzene rings is 2. The van der Waals surface area contributed by atoms with Gasteiger partial charge in [0.25, 0.3) is 0 Å². The molecule has 4 rings (SSSR count). The maximum atomic E-state index is 12.5. The summed E-state index contributed by atoms with van der Waals surface area (Å²) in [6, 6.07) is 17.6. The number of ketones is 1. The van der Waals surface area contributed by atoms with Crippen LogP contribution in [0.3, 0.4) is 0 Å². The van der Waals surface area contributed by atoms with Gasteiger partial charge in [0.1, 0.15) is 6.54 Å². The lowest BCUT2D eigenvalue weighted by Crippen LogP contribution is -2.40. The molecule has 0 unspecified atom stereocenters. The maximum Gasteiger partial charge on any atom is 0.247 e. The summed E-state index contributed by atoms with van der Waals surface area (Å²) in [7, 11) is 0. The zero-order valence-electron chi connectivity index (χ0n) is 13.9. The number of amidine groups is 1. The average Bonchev–Trinajstić information content (AvgIpc) is 3.12. The van der Waals surface area contributed by atoms with Crippen LogP contribution >= 0.6 is 0 Å². The molecule has 0 fully saturated rings. The summed E-state index contributed by atoms with van der Waals surface area (Å²) in [5, 5.41) is 0. The molecule has 2 aromatic carbocycles. The summed E-state index contributed by atoms with van der Waals surface area (Å²) in [5.74, 6) is 1.61. The molecule has 0 aliphatic carbocycles. The minimum Gasteiger partial charge on any atom is -0.289 e. The smallest absolute Gasteiger partial charge is 0.247 e. The Morgan fingerprint density at radius 3 is 2.42 bits per heavy atom. The average molecular weight is 319 g/mol. The first kappa shape index (κ1) is 15.1. The molecule has 2 aliphatic heterocycles. The van der Waals surface area contributed by atoms with Crippen molar-refractivity contribution in [3.05, 3.63) is 71.3 Å². The molecule has 0 N–H and O–H groups in total. The standard InChI is InChI=1S/C21H23N2O/c24-21(18-6-2-1-3-7-18)19-11-9-17(10-12-19)16-23-15-5-14-22-13-4-8-20(22)23/h1-3,6-7,9-12H,4-5,8,13-16H2/q+1. The molecule has 0 atom stereocenters. The van der Waals surface area contributed by atoms with Crippen molar-refractivity contribution in [1.82, 2.24) is 4.90 Å². The minimum atomic E-state index is 0.0939. The number of nitrogens with zero attached hydrogens (tertiary/aromatic N) is 2. The molecule has 3 heteroatoms. The fraction of sp³-hybridized carbons (Fsp3) is 0.333. The van der Waals surface area contributed by atoms with Gasteiger partial charge in [-0.3, -0.25) is 14.3 Å². The van der Waals surface area contributed by atoms with E-state index in [1.165, 1.54) is 43.8 Å². The number of carbonyl (C=O) groups excluding carboxylic acids is 1. The van der Waals surface area contributed by atoms with Crippen LogP contribution in [0.4, 0.5) is 0 Å². The first-order chi connectivity index (χ1) is 11.8. The van der Waals surface area contributed by atoms with Gasteiger partial charge in [-0.25, -0.2) is 0 Å². The lowest BCUT2D eigenvalue weighted by atomic mass is 10.0. The summed E-state index contributed by atoms with van der Waals surface area (Å²) < 4.78 is 2.54. The van der Waals surface area contributed by atoms with Gasteiger partial charge in [0.2, 0.25) is 5.84 Å². The van der Waals surface area contributed by atoms with E-state index in [-0.39, 0.29) is 5.78 Å². The highest BCUT2D eigenvalue weighted by Gasteiger charge is 2.30. The van der Waals surface area contributed by atoms with Gasteiger partial charge >= 0.3 is 0 Å². The molecular weight excluding hydrogens is 296 g/mol. The van der Waals surface area contributed by atoms with Crippen molar-refractivity contribution in [2.45, 2.75) is 25.8 Å². The van der Waals surface area contributed by atoms with E-state index in [1.807, 2.05) is 42.5 Å². The van der Waals surface area contributed by atoms with Crippen LogP contribution in [0, 0.1) is 0 Å². The Hall–Kier alpha value is -2.42. The summed E-state index contributed by atoms with van der Waals surface area (Å²) in [5.41, 5.74) is 2.79. The second-order valence-electron chi connectivity index (χ2n) is 6.67. The summed E-state index contributed by atoms with van der Waals surface area (Å²) in [6.45, 7) is 4.54. The predicted molar refractivity (Wildman–Crippen MR) is 95.6 cm³/mol. The number of hydrogen-bond acceptors (Lipinski definition) is 2. The van der Waals surface area contributed by atoms with Crippen LogP contribution in [-0.2, 0) is 6.54 Å². The molecule has 0 radical (unpaired) electrons. The summed E-state index contributed by atoms with van der Waals surface area (Å²) in [6.07, 6.45) is 3.75. The molecule has 0 spiro atoms. The van der Waals surface area contributed by atoms with Crippen LogP contribution in [-0.4, -0.2) is 40.7 Å². The number of hydrogen-bond donors (Lipinski definition) is 0. The molecule has 0 saturated carbocycles. The van der Waals surface area contributed by atoms with E-state index in [0.717, 1.165) is 24.2 Å². The van der Waals surface area contributed by atoms with Crippen LogP contribution in [0.5, 0.6) is 0 Å². The fourth-order valence-corrected chi connectivity index (χ4v) is 3.80. The van der Waals surface area contributed by atoms with E-state index in [2.05, 4.69) is 21.6 Å². The zero-order chi connectivity index (χ0) is 16.4. The molecule has 0 bridgehead atoms. The third kappa shape index (κ3) is 2.99. The van der Waals surface area contributed by atoms with Crippen molar-refractivity contribution >= 4 is 11.6 Å². The Labute approximate surface area is 143 Å². The van der Waals surface area contributed by atoms with Crippen LogP contribution in [0.15, 0.2) is 54.6 Å². The molecule has 122 valence electrons. The van der Waals surface area contributed by atoms with Crippen molar-refractivity contribution in [2.75, 3.05) is 19.6 Å². The number of rotatable bonds is 4. The molecule has 0 saturated heterocycles. The molecule has 3 nitrogen and oxygen atoms in total. The first-order valence-electron chi connectivity index (χ1n) is 8.86. The van der Waals surface area contributed by atoms with Gasteiger partial charge in [0.15, 0.2) is 5.78 Å². The minimum absolute atomic E-state index is 0.0939. The molecular formula is C21H23N2O+. The molecule has 2 aliphatic rings. The third-order valence-electron chi connectivity index (χ3n) is 5.04. The lowest BCUT2D eigenvalue weighted by Gasteiger charge is -2.23. The second kappa shape index (κ2) is 6.60.